The molecule has 10 heteroatoms. The number of rotatable bonds is 10. The summed E-state index contributed by atoms with van der Waals surface area (Å²) in [6, 6.07) is 12.0. The first-order chi connectivity index (χ1) is 15.0. The highest BCUT2D eigenvalue weighted by atomic mass is 32.2. The van der Waals surface area contributed by atoms with Crippen LogP contribution in [0.3, 0.4) is 0 Å². The predicted molar refractivity (Wildman–Crippen MR) is 111 cm³/mol. The molecule has 0 fully saturated rings. The van der Waals surface area contributed by atoms with Gasteiger partial charge in [0, 0.05) is 5.69 Å². The largest absolute Gasteiger partial charge is 0.484 e. The Morgan fingerprint density at radius 1 is 1.10 bits per heavy atom. The first-order valence-corrected chi connectivity index (χ1v) is 10.4. The molecule has 0 atom stereocenters. The van der Waals surface area contributed by atoms with Crippen LogP contribution < -0.4 is 10.1 Å². The van der Waals surface area contributed by atoms with Gasteiger partial charge in [-0.2, -0.15) is 0 Å². The van der Waals surface area contributed by atoms with Crippen LogP contribution in [0, 0.1) is 5.82 Å². The Morgan fingerprint density at radius 2 is 1.84 bits per heavy atom. The molecule has 0 aliphatic rings. The Bertz CT molecular complexity index is 1010. The van der Waals surface area contributed by atoms with Gasteiger partial charge < -0.3 is 19.2 Å². The molecule has 0 aliphatic carbocycles. The number of hydrogen-bond acceptors (Lipinski definition) is 8. The second kappa shape index (κ2) is 11.1. The first kappa shape index (κ1) is 22.3. The zero-order valence-corrected chi connectivity index (χ0v) is 17.5. The quantitative estimate of drug-likeness (QED) is 0.368. The van der Waals surface area contributed by atoms with Crippen molar-refractivity contribution in [2.45, 2.75) is 25.2 Å². The lowest BCUT2D eigenvalue weighted by molar-refractivity contribution is -0.113. The van der Waals surface area contributed by atoms with E-state index in [9.17, 15) is 14.0 Å². The predicted octanol–water partition coefficient (Wildman–Crippen LogP) is 4.09. The maximum absolute atomic E-state index is 12.9. The number of nitrogens with one attached hydrogen (secondary N) is 1. The first-order valence-electron chi connectivity index (χ1n) is 9.44. The van der Waals surface area contributed by atoms with Crippen LogP contribution in [0.25, 0.3) is 0 Å². The highest BCUT2D eigenvalue weighted by Gasteiger charge is 2.12. The van der Waals surface area contributed by atoms with Crippen LogP contribution in [-0.2, 0) is 16.1 Å². The molecule has 1 N–H and O–H groups in total. The summed E-state index contributed by atoms with van der Waals surface area (Å²) >= 11 is 1.08. The number of aromatic nitrogens is 2. The molecule has 162 valence electrons. The van der Waals surface area contributed by atoms with E-state index in [-0.39, 0.29) is 35.2 Å². The van der Waals surface area contributed by atoms with E-state index in [0.29, 0.717) is 23.6 Å². The van der Waals surface area contributed by atoms with Crippen molar-refractivity contribution in [3.05, 3.63) is 65.8 Å². The molecule has 0 bridgehead atoms. The Labute approximate surface area is 182 Å². The fraction of sp³-hybridized carbons (Fsp3) is 0.238. The molecule has 8 nitrogen and oxygen atoms in total. The number of halogens is 1. The van der Waals surface area contributed by atoms with E-state index in [1.807, 2.05) is 6.92 Å². The molecule has 1 amide bonds. The SMILES string of the molecule is CCCOC(=O)c1ccc(NC(=O)CSc2nnc(COc3ccc(F)cc3)o2)cc1. The van der Waals surface area contributed by atoms with Gasteiger partial charge in [-0.1, -0.05) is 18.7 Å². The number of carbonyl (C=O) groups excluding carboxylic acids is 2. The van der Waals surface area contributed by atoms with Gasteiger partial charge in [-0.25, -0.2) is 9.18 Å². The molecule has 0 unspecified atom stereocenters. The average molecular weight is 445 g/mol. The lowest BCUT2D eigenvalue weighted by atomic mass is 10.2. The van der Waals surface area contributed by atoms with Crippen LogP contribution in [0.2, 0.25) is 0 Å². The molecule has 0 spiro atoms. The Balaban J connectivity index is 1.42. The highest BCUT2D eigenvalue weighted by Crippen LogP contribution is 2.19. The molecule has 2 aromatic carbocycles. The number of hydrogen-bond donors (Lipinski definition) is 1. The standard InChI is InChI=1S/C21H20FN3O5S/c1-2-11-28-20(27)14-3-7-16(8-4-14)23-18(26)13-31-21-25-24-19(30-21)12-29-17-9-5-15(22)6-10-17/h3-10H,2,11-13H2,1H3,(H,23,26). The summed E-state index contributed by atoms with van der Waals surface area (Å²) in [7, 11) is 0. The van der Waals surface area contributed by atoms with Crippen LogP contribution in [0.15, 0.2) is 58.2 Å². The maximum atomic E-state index is 12.9. The third-order valence-corrected chi connectivity index (χ3v) is 4.61. The number of ether oxygens (including phenoxy) is 2. The van der Waals surface area contributed by atoms with E-state index in [1.165, 1.54) is 24.3 Å². The minimum absolute atomic E-state index is 0.0262. The van der Waals surface area contributed by atoms with Crippen molar-refractivity contribution in [1.82, 2.24) is 10.2 Å². The smallest absolute Gasteiger partial charge is 0.338 e. The van der Waals surface area contributed by atoms with E-state index in [1.54, 1.807) is 24.3 Å². The molecule has 1 heterocycles. The molecule has 3 aromatic rings. The van der Waals surface area contributed by atoms with Gasteiger partial charge in [-0.3, -0.25) is 4.79 Å². The maximum Gasteiger partial charge on any atom is 0.338 e. The van der Waals surface area contributed by atoms with Gasteiger partial charge in [0.2, 0.25) is 5.91 Å². The van der Waals surface area contributed by atoms with E-state index in [4.69, 9.17) is 13.9 Å². The summed E-state index contributed by atoms with van der Waals surface area (Å²) < 4.78 is 28.8. The van der Waals surface area contributed by atoms with Crippen molar-refractivity contribution < 1.29 is 27.9 Å². The van der Waals surface area contributed by atoms with Crippen molar-refractivity contribution in [1.29, 1.82) is 0 Å². The van der Waals surface area contributed by atoms with Crippen LogP contribution in [0.5, 0.6) is 5.75 Å². The lowest BCUT2D eigenvalue weighted by Gasteiger charge is -2.06. The highest BCUT2D eigenvalue weighted by molar-refractivity contribution is 7.99. The lowest BCUT2D eigenvalue weighted by Crippen LogP contribution is -2.14. The van der Waals surface area contributed by atoms with E-state index in [2.05, 4.69) is 15.5 Å². The summed E-state index contributed by atoms with van der Waals surface area (Å²) in [5.41, 5.74) is 0.971. The number of amides is 1. The van der Waals surface area contributed by atoms with Crippen LogP contribution in [0.4, 0.5) is 10.1 Å². The molecule has 31 heavy (non-hydrogen) atoms. The van der Waals surface area contributed by atoms with Crippen LogP contribution in [0.1, 0.15) is 29.6 Å². The molecule has 0 aliphatic heterocycles. The Kier molecular flexibility index (Phi) is 7.99. The van der Waals surface area contributed by atoms with Crippen molar-refractivity contribution in [2.24, 2.45) is 0 Å². The van der Waals surface area contributed by atoms with Crippen LogP contribution in [-0.4, -0.2) is 34.4 Å². The fourth-order valence-electron chi connectivity index (χ4n) is 2.32. The number of thioether (sulfide) groups is 1. The van der Waals surface area contributed by atoms with E-state index in [0.717, 1.165) is 18.2 Å². The number of nitrogens with zero attached hydrogens (tertiary/aromatic N) is 2. The van der Waals surface area contributed by atoms with Gasteiger partial charge in [0.05, 0.1) is 17.9 Å². The third-order valence-electron chi connectivity index (χ3n) is 3.79. The molecule has 3 rings (SSSR count). The fourth-order valence-corrected chi connectivity index (χ4v) is 2.90. The molecule has 1 aromatic heterocycles. The van der Waals surface area contributed by atoms with Crippen molar-refractivity contribution in [3.63, 3.8) is 0 Å². The van der Waals surface area contributed by atoms with Crippen molar-refractivity contribution >= 4 is 29.3 Å². The van der Waals surface area contributed by atoms with Crippen molar-refractivity contribution in [2.75, 3.05) is 17.7 Å². The summed E-state index contributed by atoms with van der Waals surface area (Å²) in [6.07, 6.45) is 0.750. The minimum Gasteiger partial charge on any atom is -0.484 e. The van der Waals surface area contributed by atoms with Gasteiger partial charge >= 0.3 is 5.97 Å². The monoisotopic (exact) mass is 445 g/mol. The number of anilines is 1. The molecular formula is C21H20FN3O5S. The number of carbonyl (C=O) groups is 2. The second-order valence-corrected chi connectivity index (χ2v) is 7.18. The Hall–Kier alpha value is -3.40. The van der Waals surface area contributed by atoms with E-state index >= 15 is 0 Å². The van der Waals surface area contributed by atoms with E-state index < -0.39 is 5.97 Å². The topological polar surface area (TPSA) is 104 Å². The average Bonchev–Trinajstić information content (AvgIpc) is 3.24. The zero-order chi connectivity index (χ0) is 22.1. The normalized spacial score (nSPS) is 10.5. The molecule has 0 saturated carbocycles. The Morgan fingerprint density at radius 3 is 2.55 bits per heavy atom. The van der Waals surface area contributed by atoms with Gasteiger partial charge in [-0.05, 0) is 55.0 Å². The second-order valence-electron chi connectivity index (χ2n) is 6.25. The van der Waals surface area contributed by atoms with Crippen molar-refractivity contribution in [3.8, 4) is 5.75 Å². The summed E-state index contributed by atoms with van der Waals surface area (Å²) in [5, 5.41) is 10.6. The van der Waals surface area contributed by atoms with Crippen LogP contribution >= 0.6 is 11.8 Å². The minimum atomic E-state index is -0.397. The molecular weight excluding hydrogens is 425 g/mol. The third kappa shape index (κ3) is 7.10. The summed E-state index contributed by atoms with van der Waals surface area (Å²) in [6.45, 7) is 2.31. The summed E-state index contributed by atoms with van der Waals surface area (Å²) in [4.78, 5) is 23.9. The zero-order valence-electron chi connectivity index (χ0n) is 16.7. The van der Waals surface area contributed by atoms with Gasteiger partial charge in [0.1, 0.15) is 11.6 Å². The molecule has 0 radical (unpaired) electrons. The van der Waals surface area contributed by atoms with Gasteiger partial charge in [0.25, 0.3) is 11.1 Å². The number of benzene rings is 2. The number of esters is 1. The summed E-state index contributed by atoms with van der Waals surface area (Å²) in [5.74, 6) is -0.261. The van der Waals surface area contributed by atoms with Gasteiger partial charge in [0.15, 0.2) is 6.61 Å². The van der Waals surface area contributed by atoms with Gasteiger partial charge in [-0.15, -0.1) is 10.2 Å². The molecule has 0 saturated heterocycles.